The first kappa shape index (κ1) is 20.6. The maximum atomic E-state index is 12.9. The van der Waals surface area contributed by atoms with Crippen LogP contribution in [0.25, 0.3) is 11.1 Å². The van der Waals surface area contributed by atoms with E-state index in [1.54, 1.807) is 0 Å². The van der Waals surface area contributed by atoms with Crippen LogP contribution in [0, 0.1) is 48.5 Å². The Hall–Kier alpha value is -1.71. The van der Waals surface area contributed by atoms with Gasteiger partial charge in [0.2, 0.25) is 0 Å². The van der Waals surface area contributed by atoms with Crippen molar-refractivity contribution in [3.63, 3.8) is 0 Å². The van der Waals surface area contributed by atoms with Crippen molar-refractivity contribution in [1.82, 2.24) is 4.57 Å². The van der Waals surface area contributed by atoms with Gasteiger partial charge in [0.05, 0.1) is 11.3 Å². The molecule has 0 aliphatic carbocycles. The van der Waals surface area contributed by atoms with Crippen LogP contribution in [0.5, 0.6) is 0 Å². The Bertz CT molecular complexity index is 952. The molecule has 1 amide bonds. The van der Waals surface area contributed by atoms with Crippen molar-refractivity contribution in [2.24, 2.45) is 7.05 Å². The van der Waals surface area contributed by atoms with Crippen molar-refractivity contribution >= 4 is 22.7 Å². The van der Waals surface area contributed by atoms with Crippen LogP contribution in [-0.4, -0.2) is 10.5 Å². The summed E-state index contributed by atoms with van der Waals surface area (Å²) in [5.74, 6) is 0.0135. The second-order valence-corrected chi connectivity index (χ2v) is 7.45. The van der Waals surface area contributed by atoms with Crippen molar-refractivity contribution in [1.29, 1.82) is 0 Å². The third-order valence-electron chi connectivity index (χ3n) is 6.43. The monoisotopic (exact) mass is 387 g/mol. The molecule has 137 valence electrons. The summed E-state index contributed by atoms with van der Waals surface area (Å²) in [6.45, 7) is 17.0. The van der Waals surface area contributed by atoms with E-state index in [0.717, 1.165) is 28.1 Å². The molecule has 1 aliphatic heterocycles. The molecule has 2 aromatic rings. The van der Waals surface area contributed by atoms with Crippen molar-refractivity contribution < 1.29 is 23.4 Å². The SMILES string of the molecule is CC(=C1C(=O)Nc2c(C)c(C)c(C)c(C)c21)c1c(C)c(C)c(C)n1C.[V]. The van der Waals surface area contributed by atoms with Gasteiger partial charge < -0.3 is 9.88 Å². The Kier molecular flexibility index (Phi) is 5.38. The molecule has 26 heavy (non-hydrogen) atoms. The van der Waals surface area contributed by atoms with E-state index in [2.05, 4.69) is 72.3 Å². The number of carbonyl (C=O) groups excluding carboxylic acids is 1. The van der Waals surface area contributed by atoms with Crippen LogP contribution in [0.1, 0.15) is 57.3 Å². The van der Waals surface area contributed by atoms with Crippen LogP contribution < -0.4 is 5.32 Å². The molecule has 1 N–H and O–H groups in total. The largest absolute Gasteiger partial charge is 0.348 e. The maximum Gasteiger partial charge on any atom is 0.256 e. The zero-order valence-corrected chi connectivity index (χ0v) is 18.7. The molecule has 0 atom stereocenters. The van der Waals surface area contributed by atoms with Gasteiger partial charge >= 0.3 is 0 Å². The van der Waals surface area contributed by atoms with Crippen molar-refractivity contribution in [3.05, 3.63) is 50.3 Å². The molecule has 1 aliphatic rings. The minimum Gasteiger partial charge on any atom is -0.348 e. The number of rotatable bonds is 1. The molecular weight excluding hydrogens is 359 g/mol. The number of aromatic nitrogens is 1. The first-order chi connectivity index (χ1) is 11.6. The van der Waals surface area contributed by atoms with Gasteiger partial charge in [0.15, 0.2) is 0 Å². The second-order valence-electron chi connectivity index (χ2n) is 7.45. The van der Waals surface area contributed by atoms with Gasteiger partial charge in [0.25, 0.3) is 5.91 Å². The van der Waals surface area contributed by atoms with Crippen LogP contribution in [-0.2, 0) is 30.4 Å². The minimum absolute atomic E-state index is 0. The number of nitrogens with one attached hydrogen (secondary N) is 1. The van der Waals surface area contributed by atoms with Crippen molar-refractivity contribution in [2.75, 3.05) is 5.32 Å². The summed E-state index contributed by atoms with van der Waals surface area (Å²) < 4.78 is 2.21. The van der Waals surface area contributed by atoms with E-state index in [0.29, 0.717) is 0 Å². The molecular formula is C22H28N2OV. The smallest absolute Gasteiger partial charge is 0.256 e. The average molecular weight is 387 g/mol. The summed E-state index contributed by atoms with van der Waals surface area (Å²) >= 11 is 0. The maximum absolute atomic E-state index is 12.9. The molecule has 1 radical (unpaired) electrons. The number of fused-ring (bicyclic) bond motifs is 1. The van der Waals surface area contributed by atoms with E-state index in [1.165, 1.54) is 39.1 Å². The van der Waals surface area contributed by atoms with Gasteiger partial charge in [-0.3, -0.25) is 4.79 Å². The predicted molar refractivity (Wildman–Crippen MR) is 106 cm³/mol. The molecule has 0 bridgehead atoms. The summed E-state index contributed by atoms with van der Waals surface area (Å²) in [6, 6.07) is 0. The Labute approximate surface area is 168 Å². The Morgan fingerprint density at radius 3 is 1.85 bits per heavy atom. The summed E-state index contributed by atoms with van der Waals surface area (Å²) in [5.41, 5.74) is 13.8. The van der Waals surface area contributed by atoms with Crippen molar-refractivity contribution in [3.8, 4) is 0 Å². The van der Waals surface area contributed by atoms with Crippen LogP contribution in [0.15, 0.2) is 0 Å². The summed E-state index contributed by atoms with van der Waals surface area (Å²) in [4.78, 5) is 12.9. The molecule has 3 nitrogen and oxygen atoms in total. The van der Waals surface area contributed by atoms with Crippen LogP contribution in [0.3, 0.4) is 0 Å². The quantitative estimate of drug-likeness (QED) is 0.682. The normalized spacial score (nSPS) is 14.9. The van der Waals surface area contributed by atoms with E-state index >= 15 is 0 Å². The van der Waals surface area contributed by atoms with Gasteiger partial charge in [0.1, 0.15) is 0 Å². The molecule has 4 heteroatoms. The topological polar surface area (TPSA) is 34.0 Å². The van der Waals surface area contributed by atoms with Gasteiger partial charge in [-0.1, -0.05) is 0 Å². The molecule has 1 aromatic heterocycles. The fourth-order valence-corrected chi connectivity index (χ4v) is 4.20. The van der Waals surface area contributed by atoms with E-state index in [9.17, 15) is 4.79 Å². The summed E-state index contributed by atoms with van der Waals surface area (Å²) in [5, 5.41) is 3.13. The first-order valence-electron chi connectivity index (χ1n) is 8.85. The van der Waals surface area contributed by atoms with Crippen LogP contribution >= 0.6 is 0 Å². The number of anilines is 1. The van der Waals surface area contributed by atoms with Gasteiger partial charge in [-0.25, -0.2) is 0 Å². The van der Waals surface area contributed by atoms with Crippen molar-refractivity contribution in [2.45, 2.75) is 55.4 Å². The fourth-order valence-electron chi connectivity index (χ4n) is 4.20. The Morgan fingerprint density at radius 2 is 1.35 bits per heavy atom. The van der Waals surface area contributed by atoms with E-state index in [-0.39, 0.29) is 24.5 Å². The number of carbonyl (C=O) groups is 1. The van der Waals surface area contributed by atoms with Crippen LogP contribution in [0.2, 0.25) is 0 Å². The van der Waals surface area contributed by atoms with Gasteiger partial charge in [-0.2, -0.15) is 0 Å². The number of nitrogens with zero attached hydrogens (tertiary/aromatic N) is 1. The number of hydrogen-bond donors (Lipinski definition) is 1. The molecule has 0 saturated carbocycles. The van der Waals surface area contributed by atoms with Crippen LogP contribution in [0.4, 0.5) is 5.69 Å². The molecule has 0 saturated heterocycles. The number of amides is 1. The minimum atomic E-state index is 0. The number of hydrogen-bond acceptors (Lipinski definition) is 1. The average Bonchev–Trinajstić information content (AvgIpc) is 3.01. The van der Waals surface area contributed by atoms with Gasteiger partial charge in [-0.15, -0.1) is 0 Å². The standard InChI is InChI=1S/C22H28N2O.V/c1-10-11(2)14(5)20-18(13(10)4)19(22(25)23-20)16(7)21-15(6)12(3)17(8)24(21)9;/h1-9H3,(H,23,25);. The molecule has 3 rings (SSSR count). The fraction of sp³-hybridized carbons (Fsp3) is 0.409. The predicted octanol–water partition coefficient (Wildman–Crippen LogP) is 5.06. The van der Waals surface area contributed by atoms with Gasteiger partial charge in [0, 0.05) is 42.6 Å². The van der Waals surface area contributed by atoms with E-state index in [1.807, 2.05) is 0 Å². The zero-order chi connectivity index (χ0) is 18.8. The summed E-state index contributed by atoms with van der Waals surface area (Å²) in [6.07, 6.45) is 0. The summed E-state index contributed by atoms with van der Waals surface area (Å²) in [7, 11) is 2.08. The van der Waals surface area contributed by atoms with E-state index in [4.69, 9.17) is 0 Å². The first-order valence-corrected chi connectivity index (χ1v) is 8.85. The Balaban J connectivity index is 0.00000243. The second kappa shape index (κ2) is 6.79. The molecule has 0 spiro atoms. The zero-order valence-electron chi connectivity index (χ0n) is 17.3. The third kappa shape index (κ3) is 2.61. The number of benzene rings is 1. The molecule has 0 fully saturated rings. The Morgan fingerprint density at radius 1 is 0.808 bits per heavy atom. The van der Waals surface area contributed by atoms with Gasteiger partial charge in [-0.05, 0) is 94.3 Å². The number of allylic oxidation sites excluding steroid dienone is 1. The molecule has 1 aromatic carbocycles. The molecule has 2 heterocycles. The third-order valence-corrected chi connectivity index (χ3v) is 6.43. The molecule has 0 unspecified atom stereocenters. The van der Waals surface area contributed by atoms with E-state index < -0.39 is 0 Å².